The van der Waals surface area contributed by atoms with Crippen molar-refractivity contribution in [3.05, 3.63) is 144 Å². The first kappa shape index (κ1) is 23.3. The molecule has 1 atom stereocenters. The Balaban J connectivity index is 0.000000193. The number of halogens is 1. The second-order valence-electron chi connectivity index (χ2n) is 6.85. The van der Waals surface area contributed by atoms with Gasteiger partial charge in [-0.15, -0.1) is 35.9 Å². The second kappa shape index (κ2) is 11.9. The first-order valence-corrected chi connectivity index (χ1v) is 9.98. The fourth-order valence-electron chi connectivity index (χ4n) is 3.11. The van der Waals surface area contributed by atoms with Crippen LogP contribution in [0.25, 0.3) is 27.7 Å². The Kier molecular flexibility index (Phi) is 8.68. The SMILES string of the molecule is Fc1ccc(-c2ccc(-c3[c-]cccc3)nc2)cc1.[Ir+3].[c-]1ccccc1C1C=CC=C[N-]1. The molecule has 0 saturated heterocycles. The van der Waals surface area contributed by atoms with Gasteiger partial charge in [-0.25, -0.2) is 4.39 Å². The van der Waals surface area contributed by atoms with Crippen molar-refractivity contribution in [3.8, 4) is 22.4 Å². The average molecular weight is 596 g/mol. The third-order valence-electron chi connectivity index (χ3n) is 4.72. The molecule has 0 aliphatic carbocycles. The first-order chi connectivity index (χ1) is 15.3. The molecule has 4 heteroatoms. The monoisotopic (exact) mass is 596 g/mol. The molecule has 0 fully saturated rings. The van der Waals surface area contributed by atoms with Gasteiger partial charge in [0, 0.05) is 6.20 Å². The molecule has 4 aromatic rings. The van der Waals surface area contributed by atoms with Gasteiger partial charge in [0.1, 0.15) is 5.82 Å². The van der Waals surface area contributed by atoms with E-state index in [0.717, 1.165) is 27.9 Å². The van der Waals surface area contributed by atoms with Crippen molar-refractivity contribution in [3.63, 3.8) is 0 Å². The van der Waals surface area contributed by atoms with Gasteiger partial charge in [-0.2, -0.15) is 42.1 Å². The molecule has 5 rings (SSSR count). The van der Waals surface area contributed by atoms with Crippen LogP contribution in [0.5, 0.6) is 0 Å². The summed E-state index contributed by atoms with van der Waals surface area (Å²) in [5.41, 5.74) is 4.90. The summed E-state index contributed by atoms with van der Waals surface area (Å²) in [5.74, 6) is -0.229. The summed E-state index contributed by atoms with van der Waals surface area (Å²) >= 11 is 0. The molecule has 0 bridgehead atoms. The quantitative estimate of drug-likeness (QED) is 0.228. The number of hydrogen-bond acceptors (Lipinski definition) is 1. The van der Waals surface area contributed by atoms with Crippen molar-refractivity contribution < 1.29 is 24.5 Å². The minimum atomic E-state index is -0.229. The molecule has 0 N–H and O–H groups in total. The third-order valence-corrected chi connectivity index (χ3v) is 4.72. The standard InChI is InChI=1S/C17H11FN.C11H9N.Ir/c18-16-9-6-13(7-10-16)15-8-11-17(19-12-15)14-4-2-1-3-5-14;1-2-6-10(7-3-1)11-8-4-5-9-12-11;/h1-4,6-12H;1-6,8-9,11H;/q-1;-2;+3. The molecule has 0 spiro atoms. The molecule has 0 amide bonds. The Labute approximate surface area is 201 Å². The summed E-state index contributed by atoms with van der Waals surface area (Å²) in [6.45, 7) is 0. The van der Waals surface area contributed by atoms with Crippen LogP contribution in [0.1, 0.15) is 11.6 Å². The van der Waals surface area contributed by atoms with Crippen molar-refractivity contribution in [2.75, 3.05) is 0 Å². The van der Waals surface area contributed by atoms with Crippen molar-refractivity contribution in [1.29, 1.82) is 0 Å². The van der Waals surface area contributed by atoms with Gasteiger partial charge in [0.05, 0.1) is 0 Å². The fourth-order valence-corrected chi connectivity index (χ4v) is 3.11. The minimum absolute atomic E-state index is 0. The smallest absolute Gasteiger partial charge is 0.683 e. The molecule has 1 aromatic heterocycles. The van der Waals surface area contributed by atoms with E-state index in [-0.39, 0.29) is 32.0 Å². The fraction of sp³-hybridized carbons (Fsp3) is 0.0357. The second-order valence-corrected chi connectivity index (χ2v) is 6.85. The zero-order valence-electron chi connectivity index (χ0n) is 17.2. The molecular weight excluding hydrogens is 576 g/mol. The summed E-state index contributed by atoms with van der Waals surface area (Å²) < 4.78 is 12.9. The predicted molar refractivity (Wildman–Crippen MR) is 124 cm³/mol. The van der Waals surface area contributed by atoms with E-state index in [0.29, 0.717) is 0 Å². The van der Waals surface area contributed by atoms with E-state index in [1.807, 2.05) is 79.0 Å². The maximum absolute atomic E-state index is 12.9. The largest absolute Gasteiger partial charge is 3.00 e. The molecule has 1 aliphatic heterocycles. The Morgan fingerprint density at radius 2 is 1.53 bits per heavy atom. The number of pyridine rings is 1. The number of aromatic nitrogens is 1. The number of nitrogens with zero attached hydrogens (tertiary/aromatic N) is 2. The predicted octanol–water partition coefficient (Wildman–Crippen LogP) is 7.34. The van der Waals surface area contributed by atoms with Gasteiger partial charge in [0.25, 0.3) is 0 Å². The Hall–Kier alpha value is -3.33. The van der Waals surface area contributed by atoms with Gasteiger partial charge in [0.2, 0.25) is 0 Å². The Morgan fingerprint density at radius 3 is 2.12 bits per heavy atom. The molecule has 1 aliphatic rings. The maximum atomic E-state index is 12.9. The van der Waals surface area contributed by atoms with Crippen LogP contribution in [-0.4, -0.2) is 4.98 Å². The van der Waals surface area contributed by atoms with E-state index < -0.39 is 0 Å². The van der Waals surface area contributed by atoms with Crippen LogP contribution in [0, 0.1) is 17.9 Å². The molecule has 1 unspecified atom stereocenters. The molecule has 0 saturated carbocycles. The van der Waals surface area contributed by atoms with E-state index >= 15 is 0 Å². The van der Waals surface area contributed by atoms with Crippen LogP contribution in [0.3, 0.4) is 0 Å². The molecule has 2 heterocycles. The van der Waals surface area contributed by atoms with E-state index in [1.54, 1.807) is 18.3 Å². The van der Waals surface area contributed by atoms with Gasteiger partial charge in [0.15, 0.2) is 0 Å². The van der Waals surface area contributed by atoms with Crippen molar-refractivity contribution in [1.82, 2.24) is 4.98 Å². The summed E-state index contributed by atoms with van der Waals surface area (Å²) in [5, 5.41) is 4.30. The van der Waals surface area contributed by atoms with Crippen LogP contribution < -0.4 is 0 Å². The topological polar surface area (TPSA) is 27.0 Å². The van der Waals surface area contributed by atoms with Crippen LogP contribution in [0.4, 0.5) is 4.39 Å². The van der Waals surface area contributed by atoms with Crippen molar-refractivity contribution >= 4 is 0 Å². The zero-order chi connectivity index (χ0) is 21.3. The molecule has 158 valence electrons. The number of allylic oxidation sites excluding steroid dienone is 2. The Morgan fingerprint density at radius 1 is 0.781 bits per heavy atom. The van der Waals surface area contributed by atoms with E-state index in [9.17, 15) is 4.39 Å². The molecule has 32 heavy (non-hydrogen) atoms. The zero-order valence-corrected chi connectivity index (χ0v) is 19.5. The van der Waals surface area contributed by atoms with Gasteiger partial charge in [-0.1, -0.05) is 48.5 Å². The van der Waals surface area contributed by atoms with Crippen LogP contribution >= 0.6 is 0 Å². The van der Waals surface area contributed by atoms with Gasteiger partial charge < -0.3 is 10.3 Å². The minimum Gasteiger partial charge on any atom is -0.683 e. The van der Waals surface area contributed by atoms with Gasteiger partial charge >= 0.3 is 20.1 Å². The molecule has 0 radical (unpaired) electrons. The summed E-state index contributed by atoms with van der Waals surface area (Å²) in [6, 6.07) is 32.4. The summed E-state index contributed by atoms with van der Waals surface area (Å²) in [4.78, 5) is 4.42. The maximum Gasteiger partial charge on any atom is 3.00 e. The van der Waals surface area contributed by atoms with Crippen LogP contribution in [0.2, 0.25) is 0 Å². The number of benzene rings is 3. The Bertz CT molecular complexity index is 1140. The molecule has 2 nitrogen and oxygen atoms in total. The van der Waals surface area contributed by atoms with E-state index in [2.05, 4.69) is 28.5 Å². The summed E-state index contributed by atoms with van der Waals surface area (Å²) in [6.07, 6.45) is 9.62. The van der Waals surface area contributed by atoms with E-state index in [1.165, 1.54) is 12.1 Å². The van der Waals surface area contributed by atoms with Crippen LogP contribution in [-0.2, 0) is 20.1 Å². The third kappa shape index (κ3) is 6.33. The van der Waals surface area contributed by atoms with E-state index in [4.69, 9.17) is 0 Å². The molecule has 3 aromatic carbocycles. The van der Waals surface area contributed by atoms with Crippen LogP contribution in [0.15, 0.2) is 116 Å². The van der Waals surface area contributed by atoms with Gasteiger partial charge in [-0.3, -0.25) is 0 Å². The van der Waals surface area contributed by atoms with Crippen molar-refractivity contribution in [2.24, 2.45) is 0 Å². The normalized spacial score (nSPS) is 13.8. The summed E-state index contributed by atoms with van der Waals surface area (Å²) in [7, 11) is 0. The average Bonchev–Trinajstić information content (AvgIpc) is 2.87. The van der Waals surface area contributed by atoms with Gasteiger partial charge in [-0.05, 0) is 29.0 Å². The number of hydrogen-bond donors (Lipinski definition) is 0. The molecular formula is C28H20FIrN2. The number of rotatable bonds is 3. The van der Waals surface area contributed by atoms with Crippen molar-refractivity contribution in [2.45, 2.75) is 6.04 Å². The first-order valence-electron chi connectivity index (χ1n) is 9.98.